The first-order chi connectivity index (χ1) is 7.27. The van der Waals surface area contributed by atoms with E-state index in [9.17, 15) is 4.79 Å². The van der Waals surface area contributed by atoms with Crippen molar-refractivity contribution in [2.45, 2.75) is 32.1 Å². The molecule has 0 aromatic heterocycles. The van der Waals surface area contributed by atoms with Gasteiger partial charge < -0.3 is 9.80 Å². The molecule has 1 amide bonds. The molecule has 86 valence electrons. The lowest BCUT2D eigenvalue weighted by atomic mass is 9.96. The minimum Gasteiger partial charge on any atom is -0.342 e. The summed E-state index contributed by atoms with van der Waals surface area (Å²) in [6.07, 6.45) is 5.98. The Hall–Kier alpha value is -0.570. The molecule has 2 rings (SSSR count). The number of carbonyl (C=O) groups excluding carboxylic acids is 1. The topological polar surface area (TPSA) is 23.6 Å². The summed E-state index contributed by atoms with van der Waals surface area (Å²) in [4.78, 5) is 16.6. The van der Waals surface area contributed by atoms with Crippen molar-refractivity contribution in [2.24, 2.45) is 5.92 Å². The molecule has 15 heavy (non-hydrogen) atoms. The molecule has 3 heteroatoms. The van der Waals surface area contributed by atoms with Gasteiger partial charge in [0.2, 0.25) is 5.91 Å². The number of nitrogens with zero attached hydrogens (tertiary/aromatic N) is 2. The average molecular weight is 210 g/mol. The third-order valence-corrected chi connectivity index (χ3v) is 3.64. The Morgan fingerprint density at radius 2 is 1.80 bits per heavy atom. The molecule has 0 spiro atoms. The number of piperidine rings is 2. The second-order valence-corrected chi connectivity index (χ2v) is 4.99. The summed E-state index contributed by atoms with van der Waals surface area (Å²) in [6.45, 7) is 4.12. The molecule has 3 nitrogen and oxygen atoms in total. The Kier molecular flexibility index (Phi) is 3.62. The van der Waals surface area contributed by atoms with Crippen molar-refractivity contribution in [3.8, 4) is 0 Å². The third kappa shape index (κ3) is 2.71. The minimum atomic E-state index is 0.279. The highest BCUT2D eigenvalue weighted by molar-refractivity contribution is 5.79. The first-order valence-corrected chi connectivity index (χ1v) is 6.25. The number of likely N-dealkylation sites (tertiary alicyclic amines) is 2. The molecular formula is C12H22N2O. The summed E-state index contributed by atoms with van der Waals surface area (Å²) < 4.78 is 0. The number of rotatable bonds is 1. The molecule has 0 aromatic carbocycles. The van der Waals surface area contributed by atoms with Gasteiger partial charge in [0.25, 0.3) is 0 Å². The van der Waals surface area contributed by atoms with Gasteiger partial charge in [0.05, 0.1) is 5.92 Å². The number of amides is 1. The van der Waals surface area contributed by atoms with Gasteiger partial charge in [0.1, 0.15) is 0 Å². The van der Waals surface area contributed by atoms with E-state index in [1.165, 1.54) is 25.7 Å². The van der Waals surface area contributed by atoms with Crippen LogP contribution in [0.25, 0.3) is 0 Å². The van der Waals surface area contributed by atoms with Gasteiger partial charge in [-0.25, -0.2) is 0 Å². The zero-order valence-corrected chi connectivity index (χ0v) is 9.74. The van der Waals surface area contributed by atoms with Crippen molar-refractivity contribution in [2.75, 3.05) is 33.2 Å². The van der Waals surface area contributed by atoms with Crippen LogP contribution in [0.15, 0.2) is 0 Å². The van der Waals surface area contributed by atoms with Crippen LogP contribution in [0.5, 0.6) is 0 Å². The van der Waals surface area contributed by atoms with Gasteiger partial charge in [-0.05, 0) is 45.7 Å². The van der Waals surface area contributed by atoms with Gasteiger partial charge in [0, 0.05) is 19.6 Å². The molecule has 1 unspecified atom stereocenters. The zero-order chi connectivity index (χ0) is 10.7. The first-order valence-electron chi connectivity index (χ1n) is 6.25. The Labute approximate surface area is 92.4 Å². The fraction of sp³-hybridized carbons (Fsp3) is 0.917. The van der Waals surface area contributed by atoms with Gasteiger partial charge in [-0.1, -0.05) is 0 Å². The molecule has 0 aliphatic carbocycles. The van der Waals surface area contributed by atoms with Crippen LogP contribution in [-0.2, 0) is 4.79 Å². The van der Waals surface area contributed by atoms with Crippen molar-refractivity contribution in [1.29, 1.82) is 0 Å². The molecule has 2 aliphatic heterocycles. The van der Waals surface area contributed by atoms with E-state index in [1.54, 1.807) is 0 Å². The fourth-order valence-electron chi connectivity index (χ4n) is 2.74. The van der Waals surface area contributed by atoms with Crippen LogP contribution in [-0.4, -0.2) is 48.9 Å². The number of hydrogen-bond acceptors (Lipinski definition) is 2. The van der Waals surface area contributed by atoms with Crippen LogP contribution in [0.3, 0.4) is 0 Å². The number of hydrogen-bond donors (Lipinski definition) is 0. The Morgan fingerprint density at radius 1 is 1.07 bits per heavy atom. The normalized spacial score (nSPS) is 29.1. The van der Waals surface area contributed by atoms with Crippen molar-refractivity contribution in [3.63, 3.8) is 0 Å². The summed E-state index contributed by atoms with van der Waals surface area (Å²) in [5.41, 5.74) is 0. The lowest BCUT2D eigenvalue weighted by Gasteiger charge is -2.34. The lowest BCUT2D eigenvalue weighted by molar-refractivity contribution is -0.138. The summed E-state index contributed by atoms with van der Waals surface area (Å²) in [5.74, 6) is 0.697. The fourth-order valence-corrected chi connectivity index (χ4v) is 2.74. The predicted molar refractivity (Wildman–Crippen MR) is 60.7 cm³/mol. The molecule has 0 aromatic rings. The quantitative estimate of drug-likeness (QED) is 0.652. The molecule has 2 saturated heterocycles. The molecule has 0 radical (unpaired) electrons. The van der Waals surface area contributed by atoms with Gasteiger partial charge in [-0.15, -0.1) is 0 Å². The summed E-state index contributed by atoms with van der Waals surface area (Å²) in [6, 6.07) is 0. The van der Waals surface area contributed by atoms with E-state index in [2.05, 4.69) is 16.8 Å². The van der Waals surface area contributed by atoms with E-state index in [1.807, 2.05) is 0 Å². The van der Waals surface area contributed by atoms with Gasteiger partial charge >= 0.3 is 0 Å². The van der Waals surface area contributed by atoms with E-state index >= 15 is 0 Å². The first kappa shape index (κ1) is 10.9. The Balaban J connectivity index is 1.88. The zero-order valence-electron chi connectivity index (χ0n) is 9.74. The molecule has 2 fully saturated rings. The highest BCUT2D eigenvalue weighted by Gasteiger charge is 2.28. The molecule has 2 heterocycles. The molecule has 2 aliphatic rings. The van der Waals surface area contributed by atoms with Crippen LogP contribution >= 0.6 is 0 Å². The minimum absolute atomic E-state index is 0.279. The van der Waals surface area contributed by atoms with Crippen LogP contribution in [0.4, 0.5) is 0 Å². The highest BCUT2D eigenvalue weighted by atomic mass is 16.2. The summed E-state index contributed by atoms with van der Waals surface area (Å²) in [5, 5.41) is 0. The Bertz CT molecular complexity index is 224. The van der Waals surface area contributed by atoms with E-state index in [0.29, 0.717) is 5.91 Å². The van der Waals surface area contributed by atoms with Crippen LogP contribution in [0, 0.1) is 5.92 Å². The van der Waals surface area contributed by atoms with E-state index < -0.39 is 0 Å². The molecule has 0 N–H and O–H groups in total. The maximum Gasteiger partial charge on any atom is 0.226 e. The van der Waals surface area contributed by atoms with Gasteiger partial charge in [-0.2, -0.15) is 0 Å². The summed E-state index contributed by atoms with van der Waals surface area (Å²) in [7, 11) is 2.12. The molecule has 1 atom stereocenters. The SMILES string of the molecule is CN1CCCC(C(=O)N2CCCCC2)C1. The highest BCUT2D eigenvalue weighted by Crippen LogP contribution is 2.20. The van der Waals surface area contributed by atoms with Crippen LogP contribution in [0.2, 0.25) is 0 Å². The van der Waals surface area contributed by atoms with Crippen LogP contribution < -0.4 is 0 Å². The van der Waals surface area contributed by atoms with E-state index in [4.69, 9.17) is 0 Å². The van der Waals surface area contributed by atoms with E-state index in [0.717, 1.165) is 32.6 Å². The van der Waals surface area contributed by atoms with Crippen molar-refractivity contribution >= 4 is 5.91 Å². The predicted octanol–water partition coefficient (Wildman–Crippen LogP) is 1.34. The molecular weight excluding hydrogens is 188 g/mol. The third-order valence-electron chi connectivity index (χ3n) is 3.64. The van der Waals surface area contributed by atoms with Gasteiger partial charge in [-0.3, -0.25) is 4.79 Å². The van der Waals surface area contributed by atoms with Crippen LogP contribution in [0.1, 0.15) is 32.1 Å². The van der Waals surface area contributed by atoms with E-state index in [-0.39, 0.29) is 5.92 Å². The average Bonchev–Trinajstić information content (AvgIpc) is 2.29. The maximum absolute atomic E-state index is 12.2. The molecule has 0 bridgehead atoms. The van der Waals surface area contributed by atoms with Crippen molar-refractivity contribution in [1.82, 2.24) is 9.80 Å². The molecule has 0 saturated carbocycles. The largest absolute Gasteiger partial charge is 0.342 e. The standard InChI is InChI=1S/C12H22N2O/c1-13-7-5-6-11(10-13)12(15)14-8-3-2-4-9-14/h11H,2-10H2,1H3. The smallest absolute Gasteiger partial charge is 0.226 e. The second kappa shape index (κ2) is 4.97. The summed E-state index contributed by atoms with van der Waals surface area (Å²) >= 11 is 0. The van der Waals surface area contributed by atoms with Crippen molar-refractivity contribution in [3.05, 3.63) is 0 Å². The second-order valence-electron chi connectivity index (χ2n) is 4.99. The lowest BCUT2D eigenvalue weighted by Crippen LogP contribution is -2.45. The Morgan fingerprint density at radius 3 is 2.47 bits per heavy atom. The monoisotopic (exact) mass is 210 g/mol. The van der Waals surface area contributed by atoms with Gasteiger partial charge in [0.15, 0.2) is 0 Å². The van der Waals surface area contributed by atoms with Crippen molar-refractivity contribution < 1.29 is 4.79 Å². The maximum atomic E-state index is 12.2. The number of carbonyl (C=O) groups is 1.